The van der Waals surface area contributed by atoms with Crippen LogP contribution in [0.5, 0.6) is 5.75 Å². The van der Waals surface area contributed by atoms with E-state index in [2.05, 4.69) is 13.5 Å². The smallest absolute Gasteiger partial charge is 0.119 e. The highest BCUT2D eigenvalue weighted by molar-refractivity contribution is 5.49. The van der Waals surface area contributed by atoms with Gasteiger partial charge in [0.15, 0.2) is 0 Å². The third-order valence-corrected chi connectivity index (χ3v) is 2.76. The van der Waals surface area contributed by atoms with Crippen molar-refractivity contribution < 1.29 is 9.53 Å². The number of aldehydes is 1. The van der Waals surface area contributed by atoms with Crippen molar-refractivity contribution >= 4 is 12.4 Å². The highest BCUT2D eigenvalue weighted by Crippen LogP contribution is 2.12. The number of benzene rings is 1. The standard InChI is InChI=1S/C9H10O.C8H16O/c1-3-8-5-4-6-9(7-8)10-2;1-2-3-4-5-6-7-8-9/h3-7H,1H2,2H3;8H,2-7H2,1H3. The average molecular weight is 262 g/mol. The van der Waals surface area contributed by atoms with Crippen LogP contribution in [-0.2, 0) is 4.79 Å². The number of carbonyl (C=O) groups is 1. The summed E-state index contributed by atoms with van der Waals surface area (Å²) in [4.78, 5) is 9.84. The molecule has 0 aliphatic rings. The summed E-state index contributed by atoms with van der Waals surface area (Å²) in [5, 5.41) is 0. The van der Waals surface area contributed by atoms with Gasteiger partial charge in [0.2, 0.25) is 0 Å². The van der Waals surface area contributed by atoms with Gasteiger partial charge < -0.3 is 9.53 Å². The fraction of sp³-hybridized carbons (Fsp3) is 0.471. The minimum atomic E-state index is 0.754. The minimum absolute atomic E-state index is 0.754. The van der Waals surface area contributed by atoms with Crippen molar-refractivity contribution in [3.05, 3.63) is 36.4 Å². The summed E-state index contributed by atoms with van der Waals surface area (Å²) >= 11 is 0. The molecule has 2 heteroatoms. The Hall–Kier alpha value is -1.57. The topological polar surface area (TPSA) is 26.3 Å². The van der Waals surface area contributed by atoms with Crippen LogP contribution in [0.2, 0.25) is 0 Å². The first-order valence-electron chi connectivity index (χ1n) is 6.98. The molecule has 0 aliphatic carbocycles. The molecule has 2 nitrogen and oxygen atoms in total. The molecule has 1 aromatic rings. The van der Waals surface area contributed by atoms with Crippen LogP contribution in [0.1, 0.15) is 51.0 Å². The van der Waals surface area contributed by atoms with Crippen molar-refractivity contribution in [3.63, 3.8) is 0 Å². The van der Waals surface area contributed by atoms with E-state index in [4.69, 9.17) is 4.74 Å². The van der Waals surface area contributed by atoms with E-state index in [0.717, 1.165) is 30.4 Å². The Morgan fingerprint density at radius 1 is 1.21 bits per heavy atom. The van der Waals surface area contributed by atoms with Gasteiger partial charge in [0.05, 0.1) is 7.11 Å². The molecule has 0 heterocycles. The molecule has 0 unspecified atom stereocenters. The lowest BCUT2D eigenvalue weighted by atomic mass is 10.1. The Bertz CT molecular complexity index is 345. The first kappa shape index (κ1) is 17.4. The molecule has 0 bridgehead atoms. The first-order chi connectivity index (χ1) is 9.28. The summed E-state index contributed by atoms with van der Waals surface area (Å²) < 4.78 is 5.01. The molecule has 19 heavy (non-hydrogen) atoms. The highest BCUT2D eigenvalue weighted by atomic mass is 16.5. The van der Waals surface area contributed by atoms with Gasteiger partial charge in [-0.3, -0.25) is 0 Å². The van der Waals surface area contributed by atoms with Crippen LogP contribution in [0.4, 0.5) is 0 Å². The molecule has 0 aliphatic heterocycles. The number of unbranched alkanes of at least 4 members (excludes halogenated alkanes) is 5. The normalized spacial score (nSPS) is 9.16. The molecule has 0 saturated heterocycles. The van der Waals surface area contributed by atoms with Gasteiger partial charge in [0.25, 0.3) is 0 Å². The lowest BCUT2D eigenvalue weighted by molar-refractivity contribution is -0.107. The quantitative estimate of drug-likeness (QED) is 0.493. The molecule has 0 atom stereocenters. The monoisotopic (exact) mass is 262 g/mol. The summed E-state index contributed by atoms with van der Waals surface area (Å²) in [7, 11) is 1.65. The Morgan fingerprint density at radius 2 is 1.95 bits per heavy atom. The van der Waals surface area contributed by atoms with Crippen LogP contribution in [0.15, 0.2) is 30.8 Å². The zero-order chi connectivity index (χ0) is 14.3. The second-order valence-corrected chi connectivity index (χ2v) is 4.35. The van der Waals surface area contributed by atoms with Gasteiger partial charge in [-0.05, 0) is 24.1 Å². The van der Waals surface area contributed by atoms with E-state index in [1.54, 1.807) is 13.2 Å². The van der Waals surface area contributed by atoms with E-state index in [1.165, 1.54) is 25.7 Å². The predicted octanol–water partition coefficient (Wildman–Crippen LogP) is 4.88. The maximum absolute atomic E-state index is 9.84. The van der Waals surface area contributed by atoms with Gasteiger partial charge in [-0.15, -0.1) is 0 Å². The summed E-state index contributed by atoms with van der Waals surface area (Å²) in [5.41, 5.74) is 1.08. The molecule has 0 fully saturated rings. The Kier molecular flexibility index (Phi) is 11.8. The number of ether oxygens (including phenoxy) is 1. The molecular weight excluding hydrogens is 236 g/mol. The van der Waals surface area contributed by atoms with Crippen molar-refractivity contribution in [1.82, 2.24) is 0 Å². The van der Waals surface area contributed by atoms with Crippen molar-refractivity contribution in [3.8, 4) is 5.75 Å². The van der Waals surface area contributed by atoms with Gasteiger partial charge in [-0.2, -0.15) is 0 Å². The summed E-state index contributed by atoms with van der Waals surface area (Å²) in [6, 6.07) is 7.77. The summed E-state index contributed by atoms with van der Waals surface area (Å²) in [5.74, 6) is 0.873. The average Bonchev–Trinajstić information content (AvgIpc) is 2.48. The SMILES string of the molecule is C=Cc1cccc(OC)c1.CCCCCCCC=O. The van der Waals surface area contributed by atoms with Crippen LogP contribution in [-0.4, -0.2) is 13.4 Å². The second-order valence-electron chi connectivity index (χ2n) is 4.35. The van der Waals surface area contributed by atoms with Crippen molar-refractivity contribution in [1.29, 1.82) is 0 Å². The van der Waals surface area contributed by atoms with Gasteiger partial charge in [-0.1, -0.05) is 57.4 Å². The van der Waals surface area contributed by atoms with Crippen LogP contribution in [0, 0.1) is 0 Å². The zero-order valence-electron chi connectivity index (χ0n) is 12.2. The maximum Gasteiger partial charge on any atom is 0.119 e. The van der Waals surface area contributed by atoms with Gasteiger partial charge in [-0.25, -0.2) is 0 Å². The van der Waals surface area contributed by atoms with E-state index in [9.17, 15) is 4.79 Å². The molecule has 0 radical (unpaired) electrons. The van der Waals surface area contributed by atoms with E-state index >= 15 is 0 Å². The highest BCUT2D eigenvalue weighted by Gasteiger charge is 1.88. The molecule has 0 saturated carbocycles. The third kappa shape index (κ3) is 10.1. The molecule has 0 N–H and O–H groups in total. The van der Waals surface area contributed by atoms with Gasteiger partial charge >= 0.3 is 0 Å². The van der Waals surface area contributed by atoms with Crippen molar-refractivity contribution in [2.24, 2.45) is 0 Å². The lowest BCUT2D eigenvalue weighted by Crippen LogP contribution is -1.81. The van der Waals surface area contributed by atoms with Crippen LogP contribution in [0.25, 0.3) is 6.08 Å². The largest absolute Gasteiger partial charge is 0.497 e. The van der Waals surface area contributed by atoms with Crippen LogP contribution in [0.3, 0.4) is 0 Å². The second kappa shape index (κ2) is 12.9. The van der Waals surface area contributed by atoms with E-state index in [-0.39, 0.29) is 0 Å². The van der Waals surface area contributed by atoms with Crippen LogP contribution < -0.4 is 4.74 Å². The number of hydrogen-bond acceptors (Lipinski definition) is 2. The van der Waals surface area contributed by atoms with Crippen LogP contribution >= 0.6 is 0 Å². The molecular formula is C17H26O2. The van der Waals surface area contributed by atoms with E-state index in [0.29, 0.717) is 0 Å². The molecule has 0 aromatic heterocycles. The molecule has 0 amide bonds. The molecule has 106 valence electrons. The first-order valence-corrected chi connectivity index (χ1v) is 6.98. The number of hydrogen-bond donors (Lipinski definition) is 0. The lowest BCUT2D eigenvalue weighted by Gasteiger charge is -1.98. The Morgan fingerprint density at radius 3 is 2.53 bits per heavy atom. The van der Waals surface area contributed by atoms with E-state index in [1.807, 2.05) is 24.3 Å². The zero-order valence-corrected chi connectivity index (χ0v) is 12.2. The molecule has 1 rings (SSSR count). The number of methoxy groups -OCH3 is 1. The molecule has 1 aromatic carbocycles. The number of rotatable bonds is 8. The summed E-state index contributed by atoms with van der Waals surface area (Å²) in [6.07, 6.45) is 9.76. The Labute approximate surface area is 117 Å². The van der Waals surface area contributed by atoms with E-state index < -0.39 is 0 Å². The Balaban J connectivity index is 0.000000344. The molecule has 0 spiro atoms. The van der Waals surface area contributed by atoms with Gasteiger partial charge in [0, 0.05) is 6.42 Å². The van der Waals surface area contributed by atoms with Crippen molar-refractivity contribution in [2.75, 3.05) is 7.11 Å². The minimum Gasteiger partial charge on any atom is -0.497 e. The predicted molar refractivity (Wildman–Crippen MR) is 82.5 cm³/mol. The maximum atomic E-state index is 9.84. The fourth-order valence-corrected chi connectivity index (χ4v) is 1.60. The number of carbonyl (C=O) groups excluding carboxylic acids is 1. The third-order valence-electron chi connectivity index (χ3n) is 2.76. The van der Waals surface area contributed by atoms with Gasteiger partial charge in [0.1, 0.15) is 12.0 Å². The fourth-order valence-electron chi connectivity index (χ4n) is 1.60. The summed E-state index contributed by atoms with van der Waals surface area (Å²) in [6.45, 7) is 5.84. The van der Waals surface area contributed by atoms with Crippen molar-refractivity contribution in [2.45, 2.75) is 45.4 Å².